The molecule has 636 valence electrons. The Balaban J connectivity index is 5.26. The van der Waals surface area contributed by atoms with Crippen molar-refractivity contribution in [2.45, 2.75) is 484 Å². The molecule has 0 saturated heterocycles. The number of carbonyl (C=O) groups is 4. The van der Waals surface area contributed by atoms with E-state index in [1.807, 2.05) is 0 Å². The molecule has 0 fully saturated rings. The summed E-state index contributed by atoms with van der Waals surface area (Å²) in [5.41, 5.74) is 0. The van der Waals surface area contributed by atoms with Crippen LogP contribution < -0.4 is 0 Å². The SMILES string of the molecule is CCCCCCCCCCCCCCC(=O)OC[C@H](COP(=O)(O)OC[C@H](O)COP(=O)(O)OC[C@@H](COC(=O)CCCCCCCCCCCCCCCCCC(C)C)OC(=O)CCCCCCCCCCCCCCCCCCC(C)C)OC(=O)CCCCCCCCCCCCCCCCCC(C)C. The van der Waals surface area contributed by atoms with Gasteiger partial charge in [0.25, 0.3) is 0 Å². The molecule has 0 aromatic rings. The van der Waals surface area contributed by atoms with E-state index in [4.69, 9.17) is 37.0 Å². The third-order valence-electron chi connectivity index (χ3n) is 20.6. The molecule has 0 bridgehead atoms. The van der Waals surface area contributed by atoms with Crippen LogP contribution in [-0.2, 0) is 65.4 Å². The van der Waals surface area contributed by atoms with Crippen LogP contribution in [0, 0.1) is 17.8 Å². The molecule has 0 aliphatic rings. The standard InChI is InChI=1S/C88H172O17P2/c1-8-9-10-11-12-13-14-34-41-48-55-62-69-85(90)98-75-83(104-88(93)72-65-58-51-44-37-30-24-18-21-27-33-40-47-54-61-68-81(6)7)77-102-106(94,95)100-73-82(89)74-101-107(96,97)103-78-84(76-99-86(91)70-63-56-49-42-35-28-23-17-20-26-32-39-46-53-60-67-80(4)5)105-87(92)71-64-57-50-43-36-29-22-16-15-19-25-31-38-45-52-59-66-79(2)3/h79-84,89H,8-78H2,1-7H3,(H,94,95)(H,96,97)/t82-,83+,84+/m0/s1. The summed E-state index contributed by atoms with van der Waals surface area (Å²) < 4.78 is 69.0. The lowest BCUT2D eigenvalue weighted by atomic mass is 10.0. The molecule has 3 N–H and O–H groups in total. The van der Waals surface area contributed by atoms with Crippen molar-refractivity contribution in [3.05, 3.63) is 0 Å². The van der Waals surface area contributed by atoms with Gasteiger partial charge in [-0.15, -0.1) is 0 Å². The minimum absolute atomic E-state index is 0.108. The number of ether oxygens (including phenoxy) is 4. The molecular formula is C88H172O17P2. The van der Waals surface area contributed by atoms with Crippen molar-refractivity contribution >= 4 is 39.5 Å². The summed E-state index contributed by atoms with van der Waals surface area (Å²) >= 11 is 0. The normalized spacial score (nSPS) is 13.8. The molecule has 0 aliphatic carbocycles. The number of hydrogen-bond donors (Lipinski definition) is 3. The van der Waals surface area contributed by atoms with E-state index in [0.29, 0.717) is 25.7 Å². The number of esters is 4. The van der Waals surface area contributed by atoms with Crippen molar-refractivity contribution in [1.82, 2.24) is 0 Å². The summed E-state index contributed by atoms with van der Waals surface area (Å²) in [6, 6.07) is 0. The summed E-state index contributed by atoms with van der Waals surface area (Å²) in [4.78, 5) is 73.3. The van der Waals surface area contributed by atoms with Crippen LogP contribution >= 0.6 is 15.6 Å². The van der Waals surface area contributed by atoms with Gasteiger partial charge in [-0.2, -0.15) is 0 Å². The van der Waals surface area contributed by atoms with E-state index in [0.717, 1.165) is 108 Å². The van der Waals surface area contributed by atoms with Crippen LogP contribution in [0.4, 0.5) is 0 Å². The van der Waals surface area contributed by atoms with Crippen molar-refractivity contribution in [3.63, 3.8) is 0 Å². The van der Waals surface area contributed by atoms with Crippen LogP contribution in [0.15, 0.2) is 0 Å². The fourth-order valence-electron chi connectivity index (χ4n) is 13.7. The molecule has 17 nitrogen and oxygen atoms in total. The van der Waals surface area contributed by atoms with Crippen molar-refractivity contribution < 1.29 is 80.2 Å². The summed E-state index contributed by atoms with van der Waals surface area (Å²) in [5, 5.41) is 10.7. The number of aliphatic hydroxyl groups excluding tert-OH is 1. The van der Waals surface area contributed by atoms with Gasteiger partial charge in [-0.05, 0) is 43.4 Å². The molecule has 0 amide bonds. The molecule has 0 rings (SSSR count). The van der Waals surface area contributed by atoms with Crippen molar-refractivity contribution in [2.24, 2.45) is 17.8 Å². The first-order valence-electron chi connectivity index (χ1n) is 45.3. The first kappa shape index (κ1) is 105. The average Bonchev–Trinajstić information content (AvgIpc) is 0.907. The zero-order chi connectivity index (χ0) is 78.6. The predicted molar refractivity (Wildman–Crippen MR) is 441 cm³/mol. The summed E-state index contributed by atoms with van der Waals surface area (Å²) in [7, 11) is -9.93. The lowest BCUT2D eigenvalue weighted by molar-refractivity contribution is -0.161. The highest BCUT2D eigenvalue weighted by Crippen LogP contribution is 2.45. The smallest absolute Gasteiger partial charge is 0.462 e. The molecule has 2 unspecified atom stereocenters. The Kier molecular flexibility index (Phi) is 76.6. The Morgan fingerprint density at radius 3 is 0.636 bits per heavy atom. The summed E-state index contributed by atoms with van der Waals surface area (Å²) in [6.45, 7) is 12.1. The first-order chi connectivity index (χ1) is 51.7. The van der Waals surface area contributed by atoms with E-state index >= 15 is 0 Å². The van der Waals surface area contributed by atoms with Gasteiger partial charge in [-0.1, -0.05) is 414 Å². The maximum atomic E-state index is 13.2. The highest BCUT2D eigenvalue weighted by atomic mass is 31.2. The van der Waals surface area contributed by atoms with Crippen LogP contribution in [0.5, 0.6) is 0 Å². The lowest BCUT2D eigenvalue weighted by Crippen LogP contribution is -2.30. The van der Waals surface area contributed by atoms with E-state index in [2.05, 4.69) is 48.5 Å². The van der Waals surface area contributed by atoms with Crippen molar-refractivity contribution in [3.8, 4) is 0 Å². The topological polar surface area (TPSA) is 237 Å². The number of phosphoric ester groups is 2. The predicted octanol–water partition coefficient (Wildman–Crippen LogP) is 26.9. The lowest BCUT2D eigenvalue weighted by Gasteiger charge is -2.21. The molecule has 0 aromatic carbocycles. The van der Waals surface area contributed by atoms with Crippen molar-refractivity contribution in [1.29, 1.82) is 0 Å². The Labute approximate surface area is 658 Å². The maximum Gasteiger partial charge on any atom is 0.472 e. The fraction of sp³-hybridized carbons (Fsp3) is 0.955. The Bertz CT molecular complexity index is 2060. The van der Waals surface area contributed by atoms with Crippen LogP contribution in [-0.4, -0.2) is 96.7 Å². The molecule has 0 heterocycles. The molecule has 0 spiro atoms. The molecule has 0 aromatic heterocycles. The van der Waals surface area contributed by atoms with Gasteiger partial charge in [0.05, 0.1) is 26.4 Å². The third kappa shape index (κ3) is 81.9. The van der Waals surface area contributed by atoms with Gasteiger partial charge in [-0.3, -0.25) is 37.3 Å². The van der Waals surface area contributed by atoms with Gasteiger partial charge in [0.1, 0.15) is 19.3 Å². The van der Waals surface area contributed by atoms with E-state index in [1.54, 1.807) is 0 Å². The zero-order valence-electron chi connectivity index (χ0n) is 70.6. The van der Waals surface area contributed by atoms with Crippen LogP contribution in [0.1, 0.15) is 466 Å². The number of hydrogen-bond acceptors (Lipinski definition) is 15. The van der Waals surface area contributed by atoms with E-state index in [-0.39, 0.29) is 25.7 Å². The van der Waals surface area contributed by atoms with Gasteiger partial charge in [-0.25, -0.2) is 9.13 Å². The Morgan fingerprint density at radius 2 is 0.430 bits per heavy atom. The largest absolute Gasteiger partial charge is 0.472 e. The quantitative estimate of drug-likeness (QED) is 0.0222. The molecule has 0 saturated carbocycles. The zero-order valence-corrected chi connectivity index (χ0v) is 72.4. The molecule has 0 radical (unpaired) electrons. The third-order valence-corrected chi connectivity index (χ3v) is 22.5. The van der Waals surface area contributed by atoms with Gasteiger partial charge in [0, 0.05) is 25.7 Å². The number of phosphoric acid groups is 2. The Hall–Kier alpha value is -1.94. The Morgan fingerprint density at radius 1 is 0.252 bits per heavy atom. The average molecular weight is 1560 g/mol. The van der Waals surface area contributed by atoms with Crippen LogP contribution in [0.3, 0.4) is 0 Å². The minimum Gasteiger partial charge on any atom is -0.462 e. The second kappa shape index (κ2) is 78.0. The number of aliphatic hydroxyl groups is 1. The number of carbonyl (C=O) groups excluding carboxylic acids is 4. The summed E-state index contributed by atoms with van der Waals surface area (Å²) in [5.74, 6) is 0.319. The number of unbranched alkanes of at least 4 members (excludes halogenated alkanes) is 54. The fourth-order valence-corrected chi connectivity index (χ4v) is 15.3. The van der Waals surface area contributed by atoms with Gasteiger partial charge in [0.2, 0.25) is 0 Å². The van der Waals surface area contributed by atoms with E-state index in [9.17, 15) is 43.2 Å². The van der Waals surface area contributed by atoms with Crippen LogP contribution in [0.2, 0.25) is 0 Å². The molecule has 19 heteroatoms. The molecular weight excluding hydrogens is 1390 g/mol. The van der Waals surface area contributed by atoms with Gasteiger partial charge < -0.3 is 33.8 Å². The van der Waals surface area contributed by atoms with Gasteiger partial charge >= 0.3 is 39.5 Å². The summed E-state index contributed by atoms with van der Waals surface area (Å²) in [6.07, 6.45) is 69.3. The van der Waals surface area contributed by atoms with Crippen molar-refractivity contribution in [2.75, 3.05) is 39.6 Å². The number of rotatable bonds is 86. The first-order valence-corrected chi connectivity index (χ1v) is 48.3. The maximum absolute atomic E-state index is 13.2. The highest BCUT2D eigenvalue weighted by Gasteiger charge is 2.31. The molecule has 107 heavy (non-hydrogen) atoms. The molecule has 0 aliphatic heterocycles. The second-order valence-corrected chi connectivity index (χ2v) is 36.0. The van der Waals surface area contributed by atoms with Gasteiger partial charge in [0.15, 0.2) is 12.2 Å². The minimum atomic E-state index is -4.97. The van der Waals surface area contributed by atoms with E-state index < -0.39 is 97.5 Å². The van der Waals surface area contributed by atoms with E-state index in [1.165, 1.54) is 276 Å². The molecule has 5 atom stereocenters. The highest BCUT2D eigenvalue weighted by molar-refractivity contribution is 7.47. The van der Waals surface area contributed by atoms with Crippen LogP contribution in [0.25, 0.3) is 0 Å². The monoisotopic (exact) mass is 1560 g/mol. The second-order valence-electron chi connectivity index (χ2n) is 33.1.